The van der Waals surface area contributed by atoms with Crippen LogP contribution in [0.15, 0.2) is 24.3 Å². The van der Waals surface area contributed by atoms with Crippen LogP contribution in [-0.4, -0.2) is 10.1 Å². The molecule has 0 aliphatic heterocycles. The van der Waals surface area contributed by atoms with Crippen molar-refractivity contribution in [2.75, 3.05) is 0 Å². The van der Waals surface area contributed by atoms with E-state index in [-0.39, 0.29) is 0 Å². The second-order valence-electron chi connectivity index (χ2n) is 6.32. The number of hydrogen-bond acceptors (Lipinski definition) is 2. The molecule has 0 bridgehead atoms. The number of phenols is 1. The first-order valence-electron chi connectivity index (χ1n) is 8.80. The highest BCUT2D eigenvalue weighted by molar-refractivity contribution is 5.87. The van der Waals surface area contributed by atoms with Crippen LogP contribution < -0.4 is 0 Å². The van der Waals surface area contributed by atoms with Gasteiger partial charge in [0.2, 0.25) is 0 Å². The van der Waals surface area contributed by atoms with Gasteiger partial charge < -0.3 is 5.11 Å². The molecule has 2 aromatic rings. The minimum absolute atomic E-state index is 0.290. The second kappa shape index (κ2) is 8.77. The molecule has 0 atom stereocenters. The minimum Gasteiger partial charge on any atom is -0.506 e. The SMILES string of the molecule is CCCCCCCCCCc1ccc(O)c2nc(C)ccc12. The maximum absolute atomic E-state index is 9.97. The average molecular weight is 299 g/mol. The molecule has 2 nitrogen and oxygen atoms in total. The van der Waals surface area contributed by atoms with Crippen LogP contribution in [-0.2, 0) is 6.42 Å². The molecule has 0 saturated carbocycles. The average Bonchev–Trinajstić information content (AvgIpc) is 2.52. The lowest BCUT2D eigenvalue weighted by Gasteiger charge is -2.08. The van der Waals surface area contributed by atoms with Crippen molar-refractivity contribution in [2.24, 2.45) is 0 Å². The second-order valence-corrected chi connectivity index (χ2v) is 6.32. The molecule has 2 rings (SSSR count). The maximum atomic E-state index is 9.97. The third kappa shape index (κ3) is 4.72. The summed E-state index contributed by atoms with van der Waals surface area (Å²) in [5.74, 6) is 0.290. The number of aryl methyl sites for hydroxylation is 2. The molecule has 0 aliphatic carbocycles. The van der Waals surface area contributed by atoms with Crippen molar-refractivity contribution in [1.82, 2.24) is 4.98 Å². The van der Waals surface area contributed by atoms with Gasteiger partial charge in [-0.15, -0.1) is 0 Å². The van der Waals surface area contributed by atoms with Crippen molar-refractivity contribution in [1.29, 1.82) is 0 Å². The predicted molar refractivity (Wildman–Crippen MR) is 94.5 cm³/mol. The van der Waals surface area contributed by atoms with E-state index in [1.165, 1.54) is 56.9 Å². The highest BCUT2D eigenvalue weighted by atomic mass is 16.3. The molecule has 2 heteroatoms. The molecular weight excluding hydrogens is 270 g/mol. The summed E-state index contributed by atoms with van der Waals surface area (Å²) < 4.78 is 0. The molecule has 0 radical (unpaired) electrons. The van der Waals surface area contributed by atoms with Gasteiger partial charge in [-0.05, 0) is 37.5 Å². The van der Waals surface area contributed by atoms with Crippen molar-refractivity contribution < 1.29 is 5.11 Å². The van der Waals surface area contributed by atoms with Crippen LogP contribution in [0.5, 0.6) is 5.75 Å². The van der Waals surface area contributed by atoms with Gasteiger partial charge in [0.05, 0.1) is 0 Å². The van der Waals surface area contributed by atoms with E-state index in [0.717, 1.165) is 23.0 Å². The van der Waals surface area contributed by atoms with Gasteiger partial charge in [0.1, 0.15) is 11.3 Å². The van der Waals surface area contributed by atoms with Crippen LogP contribution in [0.3, 0.4) is 0 Å². The molecule has 0 spiro atoms. The van der Waals surface area contributed by atoms with E-state index in [4.69, 9.17) is 0 Å². The molecule has 0 fully saturated rings. The Morgan fingerprint density at radius 3 is 2.27 bits per heavy atom. The number of fused-ring (bicyclic) bond motifs is 1. The van der Waals surface area contributed by atoms with Gasteiger partial charge in [-0.25, -0.2) is 4.98 Å². The Morgan fingerprint density at radius 2 is 1.55 bits per heavy atom. The topological polar surface area (TPSA) is 33.1 Å². The van der Waals surface area contributed by atoms with Crippen LogP contribution in [0, 0.1) is 6.92 Å². The van der Waals surface area contributed by atoms with Crippen molar-refractivity contribution in [3.05, 3.63) is 35.5 Å². The van der Waals surface area contributed by atoms with Crippen molar-refractivity contribution >= 4 is 10.9 Å². The fraction of sp³-hybridized carbons (Fsp3) is 0.550. The van der Waals surface area contributed by atoms with E-state index >= 15 is 0 Å². The Bertz CT molecular complexity index is 592. The summed E-state index contributed by atoms with van der Waals surface area (Å²) in [6.07, 6.45) is 11.8. The zero-order valence-electron chi connectivity index (χ0n) is 14.1. The molecule has 0 amide bonds. The number of phenolic OH excluding ortho intramolecular Hbond substituents is 1. The fourth-order valence-corrected chi connectivity index (χ4v) is 3.03. The summed E-state index contributed by atoms with van der Waals surface area (Å²) in [6, 6.07) is 7.96. The molecule has 1 N–H and O–H groups in total. The number of hydrogen-bond donors (Lipinski definition) is 1. The number of unbranched alkanes of at least 4 members (excludes halogenated alkanes) is 7. The third-order valence-corrected chi connectivity index (χ3v) is 4.37. The molecule has 1 heterocycles. The lowest BCUT2D eigenvalue weighted by Crippen LogP contribution is -1.92. The summed E-state index contributed by atoms with van der Waals surface area (Å²) in [5.41, 5.74) is 3.01. The van der Waals surface area contributed by atoms with E-state index in [9.17, 15) is 5.11 Å². The molecule has 1 aromatic heterocycles. The van der Waals surface area contributed by atoms with Gasteiger partial charge in [-0.3, -0.25) is 0 Å². The maximum Gasteiger partial charge on any atom is 0.141 e. The Balaban J connectivity index is 1.83. The zero-order valence-corrected chi connectivity index (χ0v) is 14.1. The highest BCUT2D eigenvalue weighted by Crippen LogP contribution is 2.27. The lowest BCUT2D eigenvalue weighted by molar-refractivity contribution is 0.480. The molecule has 0 unspecified atom stereocenters. The smallest absolute Gasteiger partial charge is 0.141 e. The van der Waals surface area contributed by atoms with Crippen molar-refractivity contribution in [2.45, 2.75) is 71.6 Å². The van der Waals surface area contributed by atoms with Gasteiger partial charge in [-0.2, -0.15) is 0 Å². The monoisotopic (exact) mass is 299 g/mol. The summed E-state index contributed by atoms with van der Waals surface area (Å²) in [6.45, 7) is 4.22. The van der Waals surface area contributed by atoms with Crippen molar-refractivity contribution in [3.8, 4) is 5.75 Å². The highest BCUT2D eigenvalue weighted by Gasteiger charge is 2.06. The molecule has 1 aromatic carbocycles. The van der Waals surface area contributed by atoms with Crippen LogP contribution in [0.1, 0.15) is 69.5 Å². The van der Waals surface area contributed by atoms with Crippen molar-refractivity contribution in [3.63, 3.8) is 0 Å². The Labute approximate surface area is 134 Å². The number of benzene rings is 1. The first-order chi connectivity index (χ1) is 10.7. The minimum atomic E-state index is 0.290. The first-order valence-corrected chi connectivity index (χ1v) is 8.80. The Morgan fingerprint density at radius 1 is 0.864 bits per heavy atom. The molecule has 120 valence electrons. The molecule has 0 aliphatic rings. The lowest BCUT2D eigenvalue weighted by atomic mass is 10.0. The van der Waals surface area contributed by atoms with Crippen LogP contribution >= 0.6 is 0 Å². The molecule has 0 saturated heterocycles. The number of aromatic nitrogens is 1. The largest absolute Gasteiger partial charge is 0.506 e. The van der Waals surface area contributed by atoms with Gasteiger partial charge >= 0.3 is 0 Å². The van der Waals surface area contributed by atoms with E-state index in [1.807, 2.05) is 13.0 Å². The van der Waals surface area contributed by atoms with Crippen LogP contribution in [0.4, 0.5) is 0 Å². The van der Waals surface area contributed by atoms with E-state index in [2.05, 4.69) is 24.0 Å². The summed E-state index contributed by atoms with van der Waals surface area (Å²) in [5, 5.41) is 11.1. The van der Waals surface area contributed by atoms with Gasteiger partial charge in [-0.1, -0.05) is 64.0 Å². The summed E-state index contributed by atoms with van der Waals surface area (Å²) >= 11 is 0. The summed E-state index contributed by atoms with van der Waals surface area (Å²) in [7, 11) is 0. The quantitative estimate of drug-likeness (QED) is 0.582. The van der Waals surface area contributed by atoms with Gasteiger partial charge in [0.25, 0.3) is 0 Å². The molecule has 22 heavy (non-hydrogen) atoms. The third-order valence-electron chi connectivity index (χ3n) is 4.37. The first kappa shape index (κ1) is 16.8. The van der Waals surface area contributed by atoms with Crippen LogP contribution in [0.25, 0.3) is 10.9 Å². The van der Waals surface area contributed by atoms with Gasteiger partial charge in [0, 0.05) is 11.1 Å². The standard InChI is InChI=1S/C20H29NO/c1-3-4-5-6-7-8-9-10-11-17-13-15-19(22)20-18(17)14-12-16(2)21-20/h12-15,22H,3-11H2,1-2H3. The summed E-state index contributed by atoms with van der Waals surface area (Å²) in [4.78, 5) is 4.47. The Hall–Kier alpha value is -1.57. The normalized spacial score (nSPS) is 11.2. The number of rotatable bonds is 9. The van der Waals surface area contributed by atoms with Gasteiger partial charge in [0.15, 0.2) is 0 Å². The predicted octanol–water partition coefficient (Wildman–Crippen LogP) is 5.93. The van der Waals surface area contributed by atoms with E-state index in [0.29, 0.717) is 5.75 Å². The zero-order chi connectivity index (χ0) is 15.8. The number of pyridine rings is 1. The van der Waals surface area contributed by atoms with E-state index < -0.39 is 0 Å². The van der Waals surface area contributed by atoms with E-state index in [1.54, 1.807) is 6.07 Å². The number of aromatic hydroxyl groups is 1. The Kier molecular flexibility index (Phi) is 6.70. The fourth-order valence-electron chi connectivity index (χ4n) is 3.03. The number of nitrogens with zero attached hydrogens (tertiary/aromatic N) is 1. The molecular formula is C20H29NO. The van der Waals surface area contributed by atoms with Crippen LogP contribution in [0.2, 0.25) is 0 Å².